The van der Waals surface area contributed by atoms with E-state index in [-0.39, 0.29) is 17.7 Å². The number of esters is 1. The Balaban J connectivity index is 0.00000151. The van der Waals surface area contributed by atoms with Crippen molar-refractivity contribution in [1.82, 2.24) is 0 Å². The van der Waals surface area contributed by atoms with E-state index in [0.717, 1.165) is 42.4 Å². The number of aryl methyl sites for hydroxylation is 3. The molecule has 0 saturated heterocycles. The molecule has 0 heterocycles. The Kier molecular flexibility index (Phi) is 9.13. The summed E-state index contributed by atoms with van der Waals surface area (Å²) in [4.78, 5) is 25.7. The first-order valence-corrected chi connectivity index (χ1v) is 9.61. The maximum atomic E-state index is 13.2. The third kappa shape index (κ3) is 5.54. The molecule has 140 valence electrons. The van der Waals surface area contributed by atoms with Crippen LogP contribution in [0.4, 0.5) is 0 Å². The van der Waals surface area contributed by atoms with Crippen LogP contribution in [0.15, 0.2) is 12.1 Å². The number of carbonyl (C=O) groups is 2. The van der Waals surface area contributed by atoms with Crippen molar-refractivity contribution < 1.29 is 18.9 Å². The second-order valence-electron chi connectivity index (χ2n) is 6.77. The lowest BCUT2D eigenvalue weighted by atomic mass is 9.75. The van der Waals surface area contributed by atoms with Gasteiger partial charge in [0.2, 0.25) is 0 Å². The highest BCUT2D eigenvalue weighted by Gasteiger charge is 2.38. The van der Waals surface area contributed by atoms with Crippen LogP contribution in [-0.2, 0) is 14.1 Å². The van der Waals surface area contributed by atoms with Gasteiger partial charge in [-0.05, 0) is 57.6 Å². The van der Waals surface area contributed by atoms with Gasteiger partial charge >= 0.3 is 5.97 Å². The second-order valence-corrected chi connectivity index (χ2v) is 6.77. The van der Waals surface area contributed by atoms with Gasteiger partial charge in [-0.15, -0.1) is 0 Å². The molecule has 1 aliphatic carbocycles. The van der Waals surface area contributed by atoms with Gasteiger partial charge in [0, 0.05) is 5.56 Å². The van der Waals surface area contributed by atoms with E-state index < -0.39 is 5.92 Å². The third-order valence-electron chi connectivity index (χ3n) is 4.87. The van der Waals surface area contributed by atoms with Gasteiger partial charge in [-0.3, -0.25) is 9.59 Å². The number of Topliss-reactive ketones (excluding diaryl/α,β-unsaturated/α-hetero) is 1. The number of ether oxygens (including phenoxy) is 1. The highest BCUT2D eigenvalue weighted by molar-refractivity contribution is 7.00. The number of ketones is 1. The van der Waals surface area contributed by atoms with E-state index in [0.29, 0.717) is 21.3 Å². The van der Waals surface area contributed by atoms with Gasteiger partial charge in [0.05, 0.1) is 15.7 Å². The van der Waals surface area contributed by atoms with Crippen LogP contribution in [0.3, 0.4) is 0 Å². The maximum absolute atomic E-state index is 13.2. The minimum Gasteiger partial charge on any atom is -0.465 e. The number of hydrogen-bond donors (Lipinski definition) is 0. The summed E-state index contributed by atoms with van der Waals surface area (Å²) in [5, 5.41) is 0. The molecule has 2 rings (SSSR count). The summed E-state index contributed by atoms with van der Waals surface area (Å²) < 4.78 is 13.5. The average Bonchev–Trinajstić information content (AvgIpc) is 2.57. The zero-order valence-corrected chi connectivity index (χ0v) is 17.3. The molecule has 0 bridgehead atoms. The fourth-order valence-electron chi connectivity index (χ4n) is 3.94. The molecule has 1 fully saturated rings. The minimum absolute atomic E-state index is 0.0506. The molecule has 5 heteroatoms. The molecule has 4 nitrogen and oxygen atoms in total. The lowest BCUT2D eigenvalue weighted by molar-refractivity contribution is -0.148. The van der Waals surface area contributed by atoms with E-state index in [1.165, 1.54) is 6.42 Å². The topological polar surface area (TPSA) is 60.4 Å². The lowest BCUT2D eigenvalue weighted by Gasteiger charge is -2.28. The smallest absolute Gasteiger partial charge is 0.317 e. The highest BCUT2D eigenvalue weighted by atomic mass is 31.0. The van der Waals surface area contributed by atoms with E-state index in [2.05, 4.69) is 0 Å². The molecular formula is C20H31O4P. The van der Waals surface area contributed by atoms with Crippen molar-refractivity contribution in [2.24, 2.45) is 11.8 Å². The second kappa shape index (κ2) is 10.6. The summed E-state index contributed by atoms with van der Waals surface area (Å²) in [5.41, 5.74) is 3.76. The molecule has 0 aromatic heterocycles. The van der Waals surface area contributed by atoms with E-state index in [4.69, 9.17) is 9.30 Å². The van der Waals surface area contributed by atoms with Crippen molar-refractivity contribution in [3.8, 4) is 0 Å². The van der Waals surface area contributed by atoms with E-state index in [1.807, 2.05) is 32.9 Å². The SMILES string of the molecule is CCOC(=O)C(C(=O)c1c(C)cc(C)cc1C)C1CCCCC1.O=[PH3]. The molecule has 25 heavy (non-hydrogen) atoms. The van der Waals surface area contributed by atoms with Crippen molar-refractivity contribution in [2.75, 3.05) is 6.61 Å². The highest BCUT2D eigenvalue weighted by Crippen LogP contribution is 2.34. The van der Waals surface area contributed by atoms with E-state index >= 15 is 0 Å². The molecule has 0 radical (unpaired) electrons. The molecule has 1 aliphatic rings. The summed E-state index contributed by atoms with van der Waals surface area (Å²) in [6.07, 6.45) is 5.28. The van der Waals surface area contributed by atoms with Gasteiger partial charge in [0.25, 0.3) is 0 Å². The van der Waals surface area contributed by atoms with Gasteiger partial charge in [0.1, 0.15) is 5.92 Å². The fraction of sp³-hybridized carbons (Fsp3) is 0.600. The quantitative estimate of drug-likeness (QED) is 0.333. The van der Waals surface area contributed by atoms with E-state index in [9.17, 15) is 9.59 Å². The summed E-state index contributed by atoms with van der Waals surface area (Å²) in [6.45, 7) is 8.05. The Morgan fingerprint density at radius 3 is 2.08 bits per heavy atom. The van der Waals surface area contributed by atoms with Crippen LogP contribution in [0.5, 0.6) is 0 Å². The standard InChI is InChI=1S/C20H28O3.H3OP/c1-5-23-20(22)18(16-9-7-6-8-10-16)19(21)17-14(3)11-13(2)12-15(17)4;1-2/h11-12,16,18H,5-10H2,1-4H3;2H3. The largest absolute Gasteiger partial charge is 0.465 e. The summed E-state index contributed by atoms with van der Waals surface area (Å²) in [7, 11) is 0.611. The summed E-state index contributed by atoms with van der Waals surface area (Å²) >= 11 is 0. The van der Waals surface area contributed by atoms with Gasteiger partial charge < -0.3 is 9.30 Å². The van der Waals surface area contributed by atoms with Crippen LogP contribution in [0.1, 0.15) is 66.1 Å². The first kappa shape index (κ1) is 21.6. The first-order chi connectivity index (χ1) is 12.0. The molecule has 2 unspecified atom stereocenters. The lowest BCUT2D eigenvalue weighted by Crippen LogP contribution is -2.35. The van der Waals surface area contributed by atoms with Gasteiger partial charge in [-0.2, -0.15) is 0 Å². The first-order valence-electron chi connectivity index (χ1n) is 9.03. The zero-order chi connectivity index (χ0) is 19.0. The molecule has 2 atom stereocenters. The molecular weight excluding hydrogens is 335 g/mol. The number of benzene rings is 1. The Morgan fingerprint density at radius 2 is 1.60 bits per heavy atom. The van der Waals surface area contributed by atoms with Crippen molar-refractivity contribution >= 4 is 20.9 Å². The predicted octanol–water partition coefficient (Wildman–Crippen LogP) is 4.49. The van der Waals surface area contributed by atoms with Crippen LogP contribution < -0.4 is 0 Å². The van der Waals surface area contributed by atoms with Crippen molar-refractivity contribution in [3.63, 3.8) is 0 Å². The Bertz CT molecular complexity index is 583. The Morgan fingerprint density at radius 1 is 1.08 bits per heavy atom. The summed E-state index contributed by atoms with van der Waals surface area (Å²) in [5.74, 6) is -0.917. The van der Waals surface area contributed by atoms with Gasteiger partial charge in [-0.25, -0.2) is 0 Å². The van der Waals surface area contributed by atoms with Crippen LogP contribution in [-0.4, -0.2) is 18.4 Å². The fourth-order valence-corrected chi connectivity index (χ4v) is 3.94. The molecule has 0 spiro atoms. The van der Waals surface area contributed by atoms with E-state index in [1.54, 1.807) is 6.92 Å². The minimum atomic E-state index is -0.643. The van der Waals surface area contributed by atoms with Crippen molar-refractivity contribution in [3.05, 3.63) is 34.4 Å². The molecule has 0 amide bonds. The van der Waals surface area contributed by atoms with Crippen LogP contribution >= 0.6 is 9.12 Å². The number of rotatable bonds is 5. The Hall–Kier alpha value is -1.41. The third-order valence-corrected chi connectivity index (χ3v) is 4.87. The predicted molar refractivity (Wildman–Crippen MR) is 103 cm³/mol. The summed E-state index contributed by atoms with van der Waals surface area (Å²) in [6, 6.07) is 4.03. The Labute approximate surface area is 153 Å². The molecule has 1 aromatic rings. The van der Waals surface area contributed by atoms with Crippen molar-refractivity contribution in [2.45, 2.75) is 59.8 Å². The average molecular weight is 366 g/mol. The monoisotopic (exact) mass is 366 g/mol. The molecule has 1 aromatic carbocycles. The molecule has 0 aliphatic heterocycles. The van der Waals surface area contributed by atoms with Crippen molar-refractivity contribution in [1.29, 1.82) is 0 Å². The van der Waals surface area contributed by atoms with Crippen LogP contribution in [0, 0.1) is 32.6 Å². The number of carbonyl (C=O) groups excluding carboxylic acids is 2. The van der Waals surface area contributed by atoms with Gasteiger partial charge in [0.15, 0.2) is 5.78 Å². The van der Waals surface area contributed by atoms with Gasteiger partial charge in [-0.1, -0.05) is 37.0 Å². The number of hydrogen-bond acceptors (Lipinski definition) is 4. The normalized spacial score (nSPS) is 15.8. The van der Waals surface area contributed by atoms with Crippen LogP contribution in [0.25, 0.3) is 0 Å². The van der Waals surface area contributed by atoms with Crippen LogP contribution in [0.2, 0.25) is 0 Å². The molecule has 0 N–H and O–H groups in total. The zero-order valence-electron chi connectivity index (χ0n) is 15.9. The molecule has 1 saturated carbocycles. The maximum Gasteiger partial charge on any atom is 0.317 e.